The van der Waals surface area contributed by atoms with E-state index in [9.17, 15) is 14.7 Å². The van der Waals surface area contributed by atoms with E-state index in [0.717, 1.165) is 19.3 Å². The van der Waals surface area contributed by atoms with Gasteiger partial charge in [0.25, 0.3) is 0 Å². The molecule has 5 heteroatoms. The smallest absolute Gasteiger partial charge is 0.315 e. The predicted octanol–water partition coefficient (Wildman–Crippen LogP) is 2.90. The lowest BCUT2D eigenvalue weighted by atomic mass is 9.84. The molecule has 0 spiro atoms. The van der Waals surface area contributed by atoms with E-state index in [1.54, 1.807) is 0 Å². The maximum Gasteiger partial charge on any atom is 0.315 e. The van der Waals surface area contributed by atoms with Gasteiger partial charge >= 0.3 is 12.0 Å². The van der Waals surface area contributed by atoms with Gasteiger partial charge in [0.2, 0.25) is 0 Å². The second-order valence-corrected chi connectivity index (χ2v) is 6.64. The molecule has 0 aromatic heterocycles. The first kappa shape index (κ1) is 16.1. The Morgan fingerprint density at radius 2 is 1.62 bits per heavy atom. The van der Waals surface area contributed by atoms with Crippen molar-refractivity contribution in [3.63, 3.8) is 0 Å². The first-order chi connectivity index (χ1) is 10.1. The van der Waals surface area contributed by atoms with Crippen LogP contribution in [0.3, 0.4) is 0 Å². The average Bonchev–Trinajstić information content (AvgIpc) is 2.48. The highest BCUT2D eigenvalue weighted by Crippen LogP contribution is 2.27. The standard InChI is InChI=1S/C16H28N2O3/c1-11(12-7-3-2-4-8-12)17-16(21)18-14-10-6-5-9-13(14)15(19)20/h11-14H,2-10H2,1H3,(H,19,20)(H2,17,18,21). The van der Waals surface area contributed by atoms with E-state index in [4.69, 9.17) is 0 Å². The maximum atomic E-state index is 12.1. The molecule has 2 aliphatic rings. The second-order valence-electron chi connectivity index (χ2n) is 6.64. The van der Waals surface area contributed by atoms with Crippen LogP contribution in [-0.2, 0) is 4.79 Å². The summed E-state index contributed by atoms with van der Waals surface area (Å²) in [5, 5.41) is 15.1. The van der Waals surface area contributed by atoms with Crippen LogP contribution in [0.4, 0.5) is 4.79 Å². The number of carbonyl (C=O) groups is 2. The van der Waals surface area contributed by atoms with Gasteiger partial charge in [-0.2, -0.15) is 0 Å². The fourth-order valence-corrected chi connectivity index (χ4v) is 3.77. The van der Waals surface area contributed by atoms with Crippen LogP contribution in [0.2, 0.25) is 0 Å². The van der Waals surface area contributed by atoms with Gasteiger partial charge in [0.05, 0.1) is 5.92 Å². The first-order valence-electron chi connectivity index (χ1n) is 8.37. The molecule has 0 aromatic carbocycles. The third-order valence-electron chi connectivity index (χ3n) is 5.12. The summed E-state index contributed by atoms with van der Waals surface area (Å²) in [5.74, 6) is -0.666. The van der Waals surface area contributed by atoms with Crippen molar-refractivity contribution in [3.8, 4) is 0 Å². The van der Waals surface area contributed by atoms with Crippen LogP contribution in [0.15, 0.2) is 0 Å². The highest BCUT2D eigenvalue weighted by molar-refractivity contribution is 5.77. The lowest BCUT2D eigenvalue weighted by Crippen LogP contribution is -2.51. The van der Waals surface area contributed by atoms with Crippen molar-refractivity contribution < 1.29 is 14.7 Å². The van der Waals surface area contributed by atoms with Gasteiger partial charge < -0.3 is 15.7 Å². The van der Waals surface area contributed by atoms with E-state index in [2.05, 4.69) is 17.6 Å². The van der Waals surface area contributed by atoms with Crippen LogP contribution in [-0.4, -0.2) is 29.2 Å². The molecule has 3 atom stereocenters. The molecule has 120 valence electrons. The molecule has 2 rings (SSSR count). The molecule has 2 saturated carbocycles. The monoisotopic (exact) mass is 296 g/mol. The van der Waals surface area contributed by atoms with Crippen LogP contribution in [0.1, 0.15) is 64.7 Å². The minimum Gasteiger partial charge on any atom is -0.481 e. The van der Waals surface area contributed by atoms with Gasteiger partial charge in [-0.15, -0.1) is 0 Å². The highest BCUT2D eigenvalue weighted by Gasteiger charge is 2.32. The number of carboxylic acids is 1. The SMILES string of the molecule is CC(NC(=O)NC1CCCCC1C(=O)O)C1CCCCC1. The summed E-state index contributed by atoms with van der Waals surface area (Å²) in [6.07, 6.45) is 9.54. The van der Waals surface area contributed by atoms with E-state index in [1.807, 2.05) is 0 Å². The van der Waals surface area contributed by atoms with Gasteiger partial charge in [-0.1, -0.05) is 32.1 Å². The number of urea groups is 1. The Bertz CT molecular complexity index is 367. The van der Waals surface area contributed by atoms with Crippen molar-refractivity contribution in [2.24, 2.45) is 11.8 Å². The Morgan fingerprint density at radius 1 is 1.00 bits per heavy atom. The van der Waals surface area contributed by atoms with Gasteiger partial charge in [0.15, 0.2) is 0 Å². The Kier molecular flexibility index (Phi) is 5.88. The number of rotatable bonds is 4. The van der Waals surface area contributed by atoms with Crippen LogP contribution < -0.4 is 10.6 Å². The normalized spacial score (nSPS) is 28.6. The number of nitrogens with one attached hydrogen (secondary N) is 2. The second kappa shape index (κ2) is 7.66. The van der Waals surface area contributed by atoms with E-state index in [0.29, 0.717) is 12.3 Å². The van der Waals surface area contributed by atoms with Crippen molar-refractivity contribution >= 4 is 12.0 Å². The Balaban J connectivity index is 1.81. The van der Waals surface area contributed by atoms with Crippen molar-refractivity contribution in [1.29, 1.82) is 0 Å². The summed E-state index contributed by atoms with van der Waals surface area (Å²) >= 11 is 0. The number of carboxylic acid groups (broad SMARTS) is 1. The third-order valence-corrected chi connectivity index (χ3v) is 5.12. The molecular weight excluding hydrogens is 268 g/mol. The lowest BCUT2D eigenvalue weighted by Gasteiger charge is -2.32. The topological polar surface area (TPSA) is 78.4 Å². The summed E-state index contributed by atoms with van der Waals surface area (Å²) in [4.78, 5) is 23.4. The molecule has 3 N–H and O–H groups in total. The Morgan fingerprint density at radius 3 is 2.29 bits per heavy atom. The molecule has 0 aromatic rings. The number of aliphatic carboxylic acids is 1. The van der Waals surface area contributed by atoms with Crippen molar-refractivity contribution in [1.82, 2.24) is 10.6 Å². The minimum absolute atomic E-state index is 0.164. The Hall–Kier alpha value is -1.26. The molecule has 5 nitrogen and oxygen atoms in total. The molecule has 0 aliphatic heterocycles. The molecular formula is C16H28N2O3. The number of amides is 2. The van der Waals surface area contributed by atoms with Crippen molar-refractivity contribution in [3.05, 3.63) is 0 Å². The highest BCUT2D eigenvalue weighted by atomic mass is 16.4. The van der Waals surface area contributed by atoms with Gasteiger partial charge in [-0.25, -0.2) is 4.79 Å². The molecule has 0 radical (unpaired) electrons. The number of hydrogen-bond acceptors (Lipinski definition) is 2. The van der Waals surface area contributed by atoms with Crippen molar-refractivity contribution in [2.75, 3.05) is 0 Å². The summed E-state index contributed by atoms with van der Waals surface area (Å²) in [7, 11) is 0. The fourth-order valence-electron chi connectivity index (χ4n) is 3.77. The van der Waals surface area contributed by atoms with E-state index < -0.39 is 11.9 Å². The molecule has 3 unspecified atom stereocenters. The van der Waals surface area contributed by atoms with Gasteiger partial charge in [-0.05, 0) is 38.5 Å². The molecule has 2 fully saturated rings. The van der Waals surface area contributed by atoms with E-state index in [1.165, 1.54) is 32.1 Å². The molecule has 2 aliphatic carbocycles. The molecule has 0 bridgehead atoms. The van der Waals surface area contributed by atoms with E-state index in [-0.39, 0.29) is 18.1 Å². The largest absolute Gasteiger partial charge is 0.481 e. The quantitative estimate of drug-likeness (QED) is 0.746. The van der Waals surface area contributed by atoms with Gasteiger partial charge in [-0.3, -0.25) is 4.79 Å². The maximum absolute atomic E-state index is 12.1. The number of carbonyl (C=O) groups excluding carboxylic acids is 1. The summed E-state index contributed by atoms with van der Waals surface area (Å²) in [6.45, 7) is 2.06. The lowest BCUT2D eigenvalue weighted by molar-refractivity contribution is -0.143. The molecule has 0 heterocycles. The van der Waals surface area contributed by atoms with E-state index >= 15 is 0 Å². The third kappa shape index (κ3) is 4.61. The molecule has 2 amide bonds. The van der Waals surface area contributed by atoms with Crippen molar-refractivity contribution in [2.45, 2.75) is 76.8 Å². The van der Waals surface area contributed by atoms with Crippen LogP contribution in [0.25, 0.3) is 0 Å². The zero-order valence-corrected chi connectivity index (χ0v) is 12.9. The summed E-state index contributed by atoms with van der Waals surface area (Å²) in [5.41, 5.74) is 0. The summed E-state index contributed by atoms with van der Waals surface area (Å²) in [6, 6.07) is -0.266. The zero-order chi connectivity index (χ0) is 15.2. The molecule has 0 saturated heterocycles. The predicted molar refractivity (Wildman–Crippen MR) is 81.1 cm³/mol. The Labute approximate surface area is 126 Å². The van der Waals surface area contributed by atoms with Gasteiger partial charge in [0, 0.05) is 12.1 Å². The van der Waals surface area contributed by atoms with Gasteiger partial charge in [0.1, 0.15) is 0 Å². The summed E-state index contributed by atoms with van der Waals surface area (Å²) < 4.78 is 0. The zero-order valence-electron chi connectivity index (χ0n) is 12.9. The van der Waals surface area contributed by atoms with Crippen LogP contribution in [0, 0.1) is 11.8 Å². The average molecular weight is 296 g/mol. The fraction of sp³-hybridized carbons (Fsp3) is 0.875. The first-order valence-corrected chi connectivity index (χ1v) is 8.37. The number of hydrogen-bond donors (Lipinski definition) is 3. The van der Waals surface area contributed by atoms with Crippen LogP contribution >= 0.6 is 0 Å². The molecule has 21 heavy (non-hydrogen) atoms. The minimum atomic E-state index is -0.791. The van der Waals surface area contributed by atoms with Crippen LogP contribution in [0.5, 0.6) is 0 Å².